The third-order valence-electron chi connectivity index (χ3n) is 4.98. The van der Waals surface area contributed by atoms with Crippen LogP contribution in [-0.4, -0.2) is 38.3 Å². The van der Waals surface area contributed by atoms with Crippen molar-refractivity contribution >= 4 is 22.6 Å². The number of ether oxygens (including phenoxy) is 2. The Kier molecular flexibility index (Phi) is 4.94. The van der Waals surface area contributed by atoms with Gasteiger partial charge in [0, 0.05) is 24.7 Å². The topological polar surface area (TPSA) is 75.5 Å². The van der Waals surface area contributed by atoms with Gasteiger partial charge in [-0.15, -0.1) is 0 Å². The fraction of sp³-hybridized carbons (Fsp3) is 0.421. The number of methoxy groups -OCH3 is 2. The molecule has 2 atom stereocenters. The van der Waals surface area contributed by atoms with Gasteiger partial charge in [-0.05, 0) is 24.5 Å². The highest BCUT2D eigenvalue weighted by molar-refractivity contribution is 5.95. The van der Waals surface area contributed by atoms with Crippen molar-refractivity contribution in [2.45, 2.75) is 13.3 Å². The molecule has 0 N–H and O–H groups in total. The minimum Gasteiger partial charge on any atom is -0.494 e. The molecule has 2 heterocycles. The van der Waals surface area contributed by atoms with Crippen molar-refractivity contribution < 1.29 is 18.7 Å². The van der Waals surface area contributed by atoms with Crippen LogP contribution in [0.1, 0.15) is 18.9 Å². The average Bonchev–Trinajstić information content (AvgIpc) is 2.66. The maximum absolute atomic E-state index is 14.6. The molecule has 1 saturated heterocycles. The Morgan fingerprint density at radius 2 is 2.19 bits per heavy atom. The SMILES string of the molecule is COC(=O)C1CCN(c2c(C#N)cnc3c(F)c(OC)ccc23)C[C@H]1C. The fourth-order valence-corrected chi connectivity index (χ4v) is 3.63. The minimum atomic E-state index is -0.548. The van der Waals surface area contributed by atoms with E-state index in [0.717, 1.165) is 0 Å². The van der Waals surface area contributed by atoms with Crippen LogP contribution in [0.2, 0.25) is 0 Å². The van der Waals surface area contributed by atoms with Crippen LogP contribution in [0.25, 0.3) is 10.9 Å². The van der Waals surface area contributed by atoms with Crippen molar-refractivity contribution in [3.63, 3.8) is 0 Å². The molecule has 7 heteroatoms. The number of fused-ring (bicyclic) bond motifs is 1. The number of piperidine rings is 1. The Morgan fingerprint density at radius 3 is 2.81 bits per heavy atom. The molecule has 0 radical (unpaired) electrons. The van der Waals surface area contributed by atoms with Crippen LogP contribution in [0.4, 0.5) is 10.1 Å². The van der Waals surface area contributed by atoms with Crippen LogP contribution < -0.4 is 9.64 Å². The van der Waals surface area contributed by atoms with E-state index >= 15 is 0 Å². The van der Waals surface area contributed by atoms with Gasteiger partial charge in [-0.25, -0.2) is 4.39 Å². The molecule has 1 unspecified atom stereocenters. The van der Waals surface area contributed by atoms with E-state index in [-0.39, 0.29) is 29.1 Å². The first kappa shape index (κ1) is 17.9. The van der Waals surface area contributed by atoms with E-state index in [0.29, 0.717) is 36.1 Å². The monoisotopic (exact) mass is 357 g/mol. The summed E-state index contributed by atoms with van der Waals surface area (Å²) in [5.41, 5.74) is 1.20. The average molecular weight is 357 g/mol. The van der Waals surface area contributed by atoms with Gasteiger partial charge in [0.15, 0.2) is 11.6 Å². The van der Waals surface area contributed by atoms with Crippen molar-refractivity contribution in [1.29, 1.82) is 5.26 Å². The van der Waals surface area contributed by atoms with Gasteiger partial charge in [0.25, 0.3) is 0 Å². The van der Waals surface area contributed by atoms with Crippen LogP contribution in [0.3, 0.4) is 0 Å². The number of nitrogens with zero attached hydrogens (tertiary/aromatic N) is 3. The summed E-state index contributed by atoms with van der Waals surface area (Å²) < 4.78 is 24.5. The van der Waals surface area contributed by atoms with E-state index in [1.165, 1.54) is 26.5 Å². The molecule has 1 fully saturated rings. The minimum absolute atomic E-state index is 0.0500. The zero-order valence-corrected chi connectivity index (χ0v) is 15.0. The Bertz CT molecular complexity index is 894. The van der Waals surface area contributed by atoms with E-state index < -0.39 is 5.82 Å². The maximum Gasteiger partial charge on any atom is 0.309 e. The molecule has 0 bridgehead atoms. The van der Waals surface area contributed by atoms with Crippen LogP contribution in [0.5, 0.6) is 5.75 Å². The Balaban J connectivity index is 2.06. The lowest BCUT2D eigenvalue weighted by Gasteiger charge is -2.37. The number of hydrogen-bond donors (Lipinski definition) is 0. The van der Waals surface area contributed by atoms with Gasteiger partial charge in [-0.2, -0.15) is 5.26 Å². The van der Waals surface area contributed by atoms with Gasteiger partial charge in [0.1, 0.15) is 11.6 Å². The van der Waals surface area contributed by atoms with Gasteiger partial charge in [0.2, 0.25) is 0 Å². The molecule has 0 spiro atoms. The maximum atomic E-state index is 14.6. The van der Waals surface area contributed by atoms with Crippen molar-refractivity contribution in [3.8, 4) is 11.8 Å². The first-order chi connectivity index (χ1) is 12.5. The third kappa shape index (κ3) is 2.92. The number of hydrogen-bond acceptors (Lipinski definition) is 6. The van der Waals surface area contributed by atoms with Crippen LogP contribution in [-0.2, 0) is 9.53 Å². The van der Waals surface area contributed by atoms with Gasteiger partial charge in [0.05, 0.1) is 31.4 Å². The number of rotatable bonds is 3. The zero-order valence-electron chi connectivity index (χ0n) is 15.0. The fourth-order valence-electron chi connectivity index (χ4n) is 3.63. The van der Waals surface area contributed by atoms with E-state index in [2.05, 4.69) is 11.1 Å². The Hall–Kier alpha value is -2.88. The lowest BCUT2D eigenvalue weighted by Crippen LogP contribution is -2.43. The lowest BCUT2D eigenvalue weighted by atomic mass is 9.86. The molecule has 0 aliphatic carbocycles. The molecule has 0 amide bonds. The molecule has 2 aromatic rings. The second kappa shape index (κ2) is 7.16. The molecule has 1 aliphatic heterocycles. The largest absolute Gasteiger partial charge is 0.494 e. The first-order valence-corrected chi connectivity index (χ1v) is 8.39. The number of pyridine rings is 1. The Labute approximate surface area is 151 Å². The third-order valence-corrected chi connectivity index (χ3v) is 4.98. The van der Waals surface area contributed by atoms with E-state index in [1.807, 2.05) is 11.8 Å². The number of halogens is 1. The van der Waals surface area contributed by atoms with E-state index in [4.69, 9.17) is 9.47 Å². The number of anilines is 1. The van der Waals surface area contributed by atoms with Crippen molar-refractivity contribution in [2.75, 3.05) is 32.2 Å². The normalized spacial score (nSPS) is 19.9. The summed E-state index contributed by atoms with van der Waals surface area (Å²) in [7, 11) is 2.79. The second-order valence-electron chi connectivity index (χ2n) is 6.45. The second-order valence-corrected chi connectivity index (χ2v) is 6.45. The number of esters is 1. The molecule has 26 heavy (non-hydrogen) atoms. The summed E-state index contributed by atoms with van der Waals surface area (Å²) in [6.45, 7) is 3.12. The number of aromatic nitrogens is 1. The van der Waals surface area contributed by atoms with Gasteiger partial charge >= 0.3 is 5.97 Å². The van der Waals surface area contributed by atoms with Crippen molar-refractivity contribution in [1.82, 2.24) is 4.98 Å². The summed E-state index contributed by atoms with van der Waals surface area (Å²) in [5, 5.41) is 10.1. The number of carbonyl (C=O) groups is 1. The van der Waals surface area contributed by atoms with Gasteiger partial charge in [-0.1, -0.05) is 6.92 Å². The first-order valence-electron chi connectivity index (χ1n) is 8.39. The quantitative estimate of drug-likeness (QED) is 0.786. The highest BCUT2D eigenvalue weighted by Crippen LogP contribution is 2.37. The summed E-state index contributed by atoms with van der Waals surface area (Å²) in [4.78, 5) is 18.0. The molecular formula is C19H20FN3O3. The predicted octanol–water partition coefficient (Wildman–Crippen LogP) is 2.89. The number of carbonyl (C=O) groups excluding carboxylic acids is 1. The highest BCUT2D eigenvalue weighted by Gasteiger charge is 2.33. The summed E-state index contributed by atoms with van der Waals surface area (Å²) in [6, 6.07) is 5.40. The van der Waals surface area contributed by atoms with E-state index in [1.54, 1.807) is 6.07 Å². The van der Waals surface area contributed by atoms with Gasteiger partial charge in [-0.3, -0.25) is 9.78 Å². The summed E-state index contributed by atoms with van der Waals surface area (Å²) in [5.74, 6) is -0.777. The van der Waals surface area contributed by atoms with Crippen LogP contribution in [0.15, 0.2) is 18.3 Å². The van der Waals surface area contributed by atoms with Crippen molar-refractivity contribution in [3.05, 3.63) is 29.7 Å². The molecule has 1 aromatic carbocycles. The summed E-state index contributed by atoms with van der Waals surface area (Å²) in [6.07, 6.45) is 2.00. The van der Waals surface area contributed by atoms with Crippen LogP contribution >= 0.6 is 0 Å². The summed E-state index contributed by atoms with van der Waals surface area (Å²) >= 11 is 0. The smallest absolute Gasteiger partial charge is 0.309 e. The molecule has 0 saturated carbocycles. The van der Waals surface area contributed by atoms with Gasteiger partial charge < -0.3 is 14.4 Å². The predicted molar refractivity (Wildman–Crippen MR) is 94.5 cm³/mol. The standard InChI is InChI=1S/C19H20FN3O3/c1-11-10-23(7-6-13(11)19(24)26-3)18-12(8-21)9-22-17-14(18)4-5-15(25-2)16(17)20/h4-5,9,11,13H,6-7,10H2,1-3H3/t11-,13?/m1/s1. The highest BCUT2D eigenvalue weighted by atomic mass is 19.1. The lowest BCUT2D eigenvalue weighted by molar-refractivity contribution is -0.147. The molecule has 3 rings (SSSR count). The molecule has 136 valence electrons. The number of nitriles is 1. The molecule has 1 aromatic heterocycles. The van der Waals surface area contributed by atoms with Crippen LogP contribution in [0, 0.1) is 29.0 Å². The molecule has 6 nitrogen and oxygen atoms in total. The van der Waals surface area contributed by atoms with E-state index in [9.17, 15) is 14.4 Å². The molecule has 1 aliphatic rings. The Morgan fingerprint density at radius 1 is 1.42 bits per heavy atom. The molecular weight excluding hydrogens is 337 g/mol. The van der Waals surface area contributed by atoms with Crippen molar-refractivity contribution in [2.24, 2.45) is 11.8 Å². The number of benzene rings is 1. The zero-order chi connectivity index (χ0) is 18.8.